The minimum atomic E-state index is -0.945. The van der Waals surface area contributed by atoms with Gasteiger partial charge < -0.3 is 9.72 Å². The minimum Gasteiger partial charge on any atom is -0.461 e. The van der Waals surface area contributed by atoms with Gasteiger partial charge in [0.2, 0.25) is 0 Å². The highest BCUT2D eigenvalue weighted by molar-refractivity contribution is 9.10. The predicted octanol–water partition coefficient (Wildman–Crippen LogP) is 3.22. The zero-order valence-corrected chi connectivity index (χ0v) is 12.1. The van der Waals surface area contributed by atoms with Crippen LogP contribution in [0.3, 0.4) is 0 Å². The van der Waals surface area contributed by atoms with E-state index in [9.17, 15) is 13.6 Å². The van der Waals surface area contributed by atoms with Gasteiger partial charge in [-0.2, -0.15) is 0 Å². The number of halogens is 3. The standard InChI is InChI=1S/C13H11BrF2N2O2/c1-2-20-13(19)9-6-17-10(18-9)5-7-3-4-8(14)12(16)11(7)15/h3-4,6H,2,5H2,1H3,(H,17,18). The molecule has 20 heavy (non-hydrogen) atoms. The van der Waals surface area contributed by atoms with Crippen molar-refractivity contribution in [1.29, 1.82) is 0 Å². The van der Waals surface area contributed by atoms with E-state index < -0.39 is 17.6 Å². The number of aromatic nitrogens is 2. The summed E-state index contributed by atoms with van der Waals surface area (Å²) in [5.41, 5.74) is 0.329. The number of nitrogens with zero attached hydrogens (tertiary/aromatic N) is 1. The van der Waals surface area contributed by atoms with Crippen molar-refractivity contribution < 1.29 is 18.3 Å². The first-order valence-electron chi connectivity index (χ1n) is 5.86. The molecular weight excluding hydrogens is 334 g/mol. The molecule has 1 N–H and O–H groups in total. The van der Waals surface area contributed by atoms with Gasteiger partial charge in [0.15, 0.2) is 11.6 Å². The van der Waals surface area contributed by atoms with E-state index in [0.29, 0.717) is 5.82 Å². The second-order valence-corrected chi connectivity index (χ2v) is 4.83. The molecule has 0 atom stereocenters. The molecule has 0 saturated heterocycles. The second-order valence-electron chi connectivity index (χ2n) is 3.98. The van der Waals surface area contributed by atoms with E-state index in [-0.39, 0.29) is 28.8 Å². The van der Waals surface area contributed by atoms with Crippen molar-refractivity contribution in [1.82, 2.24) is 9.97 Å². The summed E-state index contributed by atoms with van der Waals surface area (Å²) in [6.45, 7) is 1.94. The molecule has 1 heterocycles. The lowest BCUT2D eigenvalue weighted by Crippen LogP contribution is -2.05. The molecule has 0 amide bonds. The summed E-state index contributed by atoms with van der Waals surface area (Å²) >= 11 is 2.91. The average molecular weight is 345 g/mol. The summed E-state index contributed by atoms with van der Waals surface area (Å²) in [5.74, 6) is -2.06. The Morgan fingerprint density at radius 1 is 1.40 bits per heavy atom. The van der Waals surface area contributed by atoms with Crippen LogP contribution in [0.5, 0.6) is 0 Å². The van der Waals surface area contributed by atoms with E-state index in [2.05, 4.69) is 25.9 Å². The summed E-state index contributed by atoms with van der Waals surface area (Å²) < 4.78 is 32.0. The van der Waals surface area contributed by atoms with Crippen molar-refractivity contribution >= 4 is 21.9 Å². The number of H-pyrrole nitrogens is 1. The highest BCUT2D eigenvalue weighted by atomic mass is 79.9. The van der Waals surface area contributed by atoms with Gasteiger partial charge in [-0.25, -0.2) is 18.6 Å². The summed E-state index contributed by atoms with van der Waals surface area (Å²) in [6.07, 6.45) is 1.36. The van der Waals surface area contributed by atoms with Crippen molar-refractivity contribution in [3.05, 3.63) is 51.5 Å². The van der Waals surface area contributed by atoms with Crippen LogP contribution in [-0.4, -0.2) is 22.5 Å². The quantitative estimate of drug-likeness (QED) is 0.684. The Bertz CT molecular complexity index is 643. The van der Waals surface area contributed by atoms with Crippen LogP contribution in [-0.2, 0) is 11.2 Å². The molecule has 0 fully saturated rings. The third kappa shape index (κ3) is 3.04. The first-order chi connectivity index (χ1) is 9.52. The number of nitrogens with one attached hydrogen (secondary N) is 1. The van der Waals surface area contributed by atoms with Crippen molar-refractivity contribution in [2.45, 2.75) is 13.3 Å². The van der Waals surface area contributed by atoms with Gasteiger partial charge in [-0.3, -0.25) is 0 Å². The third-order valence-corrected chi connectivity index (χ3v) is 3.21. The number of carbonyl (C=O) groups excluding carboxylic acids is 1. The van der Waals surface area contributed by atoms with Crippen LogP contribution in [0, 0.1) is 11.6 Å². The van der Waals surface area contributed by atoms with Crippen LogP contribution in [0.1, 0.15) is 28.8 Å². The molecule has 0 bridgehead atoms. The highest BCUT2D eigenvalue weighted by Gasteiger charge is 2.15. The molecule has 0 aliphatic carbocycles. The van der Waals surface area contributed by atoms with Crippen LogP contribution < -0.4 is 0 Å². The van der Waals surface area contributed by atoms with Gasteiger partial charge in [0.05, 0.1) is 17.3 Å². The lowest BCUT2D eigenvalue weighted by Gasteiger charge is -2.03. The fourth-order valence-electron chi connectivity index (χ4n) is 1.65. The molecule has 7 heteroatoms. The molecule has 1 aromatic carbocycles. The number of benzene rings is 1. The summed E-state index contributed by atoms with van der Waals surface area (Å²) in [7, 11) is 0. The maximum Gasteiger partial charge on any atom is 0.356 e. The van der Waals surface area contributed by atoms with E-state index in [1.807, 2.05) is 0 Å². The molecular formula is C13H11BrF2N2O2. The third-order valence-electron chi connectivity index (χ3n) is 2.60. The number of ether oxygens (including phenoxy) is 1. The average Bonchev–Trinajstić information content (AvgIpc) is 2.88. The number of carbonyl (C=O) groups is 1. The summed E-state index contributed by atoms with van der Waals surface area (Å²) in [4.78, 5) is 18.1. The first kappa shape index (κ1) is 14.6. The number of rotatable bonds is 4. The SMILES string of the molecule is CCOC(=O)c1cnc(Cc2ccc(Br)c(F)c2F)[nH]1. The molecule has 0 unspecified atom stereocenters. The van der Waals surface area contributed by atoms with Gasteiger partial charge in [0, 0.05) is 6.42 Å². The van der Waals surface area contributed by atoms with E-state index in [0.717, 1.165) is 0 Å². The van der Waals surface area contributed by atoms with Crippen LogP contribution in [0.2, 0.25) is 0 Å². The topological polar surface area (TPSA) is 55.0 Å². The number of esters is 1. The number of aromatic amines is 1. The number of hydrogen-bond acceptors (Lipinski definition) is 3. The maximum absolute atomic E-state index is 13.7. The monoisotopic (exact) mass is 344 g/mol. The Morgan fingerprint density at radius 3 is 2.85 bits per heavy atom. The Morgan fingerprint density at radius 2 is 2.15 bits per heavy atom. The molecule has 0 spiro atoms. The fourth-order valence-corrected chi connectivity index (χ4v) is 1.95. The van der Waals surface area contributed by atoms with E-state index in [1.165, 1.54) is 18.3 Å². The maximum atomic E-state index is 13.7. The lowest BCUT2D eigenvalue weighted by atomic mass is 10.1. The van der Waals surface area contributed by atoms with Crippen molar-refractivity contribution in [3.8, 4) is 0 Å². The molecule has 106 valence electrons. The van der Waals surface area contributed by atoms with Crippen LogP contribution in [0.15, 0.2) is 22.8 Å². The molecule has 0 saturated carbocycles. The zero-order valence-electron chi connectivity index (χ0n) is 10.5. The summed E-state index contributed by atoms with van der Waals surface area (Å²) in [6, 6.07) is 2.87. The Labute approximate surface area is 122 Å². The Hall–Kier alpha value is -1.76. The van der Waals surface area contributed by atoms with Crippen LogP contribution in [0.25, 0.3) is 0 Å². The van der Waals surface area contributed by atoms with E-state index >= 15 is 0 Å². The van der Waals surface area contributed by atoms with Gasteiger partial charge in [-0.05, 0) is 34.5 Å². The predicted molar refractivity (Wildman–Crippen MR) is 71.4 cm³/mol. The zero-order chi connectivity index (χ0) is 14.7. The van der Waals surface area contributed by atoms with Crippen LogP contribution in [0.4, 0.5) is 8.78 Å². The molecule has 2 rings (SSSR count). The van der Waals surface area contributed by atoms with Crippen LogP contribution >= 0.6 is 15.9 Å². The van der Waals surface area contributed by atoms with Gasteiger partial charge in [0.25, 0.3) is 0 Å². The normalized spacial score (nSPS) is 10.6. The van der Waals surface area contributed by atoms with Crippen molar-refractivity contribution in [2.24, 2.45) is 0 Å². The summed E-state index contributed by atoms with van der Waals surface area (Å²) in [5, 5.41) is 0. The van der Waals surface area contributed by atoms with Crippen molar-refractivity contribution in [3.63, 3.8) is 0 Å². The minimum absolute atomic E-state index is 0.0510. The first-order valence-corrected chi connectivity index (χ1v) is 6.65. The Balaban J connectivity index is 2.19. The van der Waals surface area contributed by atoms with E-state index in [1.54, 1.807) is 6.92 Å². The molecule has 0 aliphatic rings. The largest absolute Gasteiger partial charge is 0.461 e. The molecule has 2 aromatic rings. The van der Waals surface area contributed by atoms with Crippen molar-refractivity contribution in [2.75, 3.05) is 6.61 Å². The number of hydrogen-bond donors (Lipinski definition) is 1. The fraction of sp³-hybridized carbons (Fsp3) is 0.231. The van der Waals surface area contributed by atoms with Gasteiger partial charge >= 0.3 is 5.97 Å². The van der Waals surface area contributed by atoms with Gasteiger partial charge in [-0.1, -0.05) is 6.07 Å². The van der Waals surface area contributed by atoms with Gasteiger partial charge in [0.1, 0.15) is 11.5 Å². The molecule has 0 radical (unpaired) electrons. The number of imidazole rings is 1. The molecule has 4 nitrogen and oxygen atoms in total. The molecule has 1 aromatic heterocycles. The van der Waals surface area contributed by atoms with E-state index in [4.69, 9.17) is 4.74 Å². The Kier molecular flexibility index (Phi) is 4.49. The van der Waals surface area contributed by atoms with Gasteiger partial charge in [-0.15, -0.1) is 0 Å². The molecule has 0 aliphatic heterocycles. The lowest BCUT2D eigenvalue weighted by molar-refractivity contribution is 0.0520. The second kappa shape index (κ2) is 6.13. The highest BCUT2D eigenvalue weighted by Crippen LogP contribution is 2.22. The smallest absolute Gasteiger partial charge is 0.356 e.